The van der Waals surface area contributed by atoms with Crippen molar-refractivity contribution in [1.82, 2.24) is 0 Å². The molecule has 0 aliphatic carbocycles. The van der Waals surface area contributed by atoms with Gasteiger partial charge in [-0.2, -0.15) is 5.26 Å². The highest BCUT2D eigenvalue weighted by Gasteiger charge is 2.18. The Balaban J connectivity index is 2.74. The molecule has 0 unspecified atom stereocenters. The van der Waals surface area contributed by atoms with Crippen LogP contribution in [0.15, 0.2) is 18.2 Å². The van der Waals surface area contributed by atoms with E-state index in [2.05, 4.69) is 11.4 Å². The summed E-state index contributed by atoms with van der Waals surface area (Å²) in [4.78, 5) is 11.0. The van der Waals surface area contributed by atoms with Crippen LogP contribution in [0.5, 0.6) is 0 Å². The molecule has 0 heterocycles. The Kier molecular flexibility index (Phi) is 4.87. The van der Waals surface area contributed by atoms with Crippen molar-refractivity contribution in [3.05, 3.63) is 29.6 Å². The van der Waals surface area contributed by atoms with Gasteiger partial charge >= 0.3 is 0 Å². The minimum absolute atomic E-state index is 0.134. The third-order valence-corrected chi connectivity index (χ3v) is 2.92. The fraction of sp³-hybridized carbons (Fsp3) is 0.429. The normalized spacial score (nSPS) is 10.8. The van der Waals surface area contributed by atoms with Crippen molar-refractivity contribution in [3.8, 4) is 6.07 Å². The summed E-state index contributed by atoms with van der Waals surface area (Å²) in [7, 11) is 0. The second-order valence-corrected chi connectivity index (χ2v) is 5.23. The van der Waals surface area contributed by atoms with E-state index in [9.17, 15) is 9.18 Å². The van der Waals surface area contributed by atoms with Gasteiger partial charge < -0.3 is 11.1 Å². The van der Waals surface area contributed by atoms with Crippen molar-refractivity contribution >= 4 is 11.6 Å². The summed E-state index contributed by atoms with van der Waals surface area (Å²) in [5.41, 5.74) is 5.54. The topological polar surface area (TPSA) is 78.9 Å². The van der Waals surface area contributed by atoms with Crippen LogP contribution >= 0.6 is 0 Å². The minimum Gasteiger partial charge on any atom is -0.382 e. The van der Waals surface area contributed by atoms with Crippen molar-refractivity contribution < 1.29 is 9.18 Å². The van der Waals surface area contributed by atoms with Crippen LogP contribution in [0.4, 0.5) is 10.1 Å². The van der Waals surface area contributed by atoms with Gasteiger partial charge in [0, 0.05) is 18.5 Å². The second-order valence-electron chi connectivity index (χ2n) is 5.23. The van der Waals surface area contributed by atoms with Crippen LogP contribution in [0.1, 0.15) is 37.0 Å². The van der Waals surface area contributed by atoms with Crippen molar-refractivity contribution in [2.24, 2.45) is 11.1 Å². The van der Waals surface area contributed by atoms with Crippen molar-refractivity contribution in [1.29, 1.82) is 5.26 Å². The molecule has 5 heteroatoms. The van der Waals surface area contributed by atoms with Gasteiger partial charge in [-0.05, 0) is 30.0 Å². The summed E-state index contributed by atoms with van der Waals surface area (Å²) in [5.74, 6) is -1.02. The number of carbonyl (C=O) groups excluding carboxylic acids is 1. The van der Waals surface area contributed by atoms with Gasteiger partial charge in [0.2, 0.25) is 5.91 Å². The summed E-state index contributed by atoms with van der Waals surface area (Å²) < 4.78 is 13.6. The van der Waals surface area contributed by atoms with E-state index >= 15 is 0 Å². The number of hydrogen-bond acceptors (Lipinski definition) is 3. The second kappa shape index (κ2) is 6.19. The van der Waals surface area contributed by atoms with Gasteiger partial charge in [-0.1, -0.05) is 13.8 Å². The zero-order valence-electron chi connectivity index (χ0n) is 11.2. The van der Waals surface area contributed by atoms with E-state index in [-0.39, 0.29) is 16.7 Å². The van der Waals surface area contributed by atoms with Gasteiger partial charge in [0.15, 0.2) is 0 Å². The van der Waals surface area contributed by atoms with Crippen LogP contribution in [0.2, 0.25) is 0 Å². The molecule has 0 aromatic heterocycles. The molecular weight excluding hydrogens is 245 g/mol. The molecule has 0 aliphatic heterocycles. The zero-order chi connectivity index (χ0) is 14.5. The number of primary amides is 1. The number of nitrogens with two attached hydrogens (primary N) is 1. The lowest BCUT2D eigenvalue weighted by molar-refractivity contribution is 0.100. The van der Waals surface area contributed by atoms with Crippen LogP contribution in [-0.2, 0) is 0 Å². The first kappa shape index (κ1) is 15.0. The predicted molar refractivity (Wildman–Crippen MR) is 72.0 cm³/mol. The number of amides is 1. The number of hydrogen-bond donors (Lipinski definition) is 2. The molecular formula is C14H18FN3O. The molecule has 19 heavy (non-hydrogen) atoms. The summed E-state index contributed by atoms with van der Waals surface area (Å²) in [6.45, 7) is 4.49. The first-order valence-corrected chi connectivity index (χ1v) is 6.06. The fourth-order valence-electron chi connectivity index (χ4n) is 1.63. The van der Waals surface area contributed by atoms with Gasteiger partial charge in [-0.15, -0.1) is 0 Å². The highest BCUT2D eigenvalue weighted by atomic mass is 19.1. The molecule has 0 atom stereocenters. The largest absolute Gasteiger partial charge is 0.382 e. The average Bonchev–Trinajstić information content (AvgIpc) is 2.35. The first-order chi connectivity index (χ1) is 8.85. The van der Waals surface area contributed by atoms with Crippen LogP contribution in [-0.4, -0.2) is 12.5 Å². The Morgan fingerprint density at radius 2 is 2.21 bits per heavy atom. The number of anilines is 1. The monoisotopic (exact) mass is 263 g/mol. The van der Waals surface area contributed by atoms with Crippen molar-refractivity contribution in [3.63, 3.8) is 0 Å². The van der Waals surface area contributed by atoms with E-state index in [1.165, 1.54) is 18.2 Å². The number of rotatable bonds is 6. The Morgan fingerprint density at radius 1 is 1.53 bits per heavy atom. The van der Waals surface area contributed by atoms with Crippen LogP contribution in [0.25, 0.3) is 0 Å². The smallest absolute Gasteiger partial charge is 0.248 e. The standard InChI is InChI=1S/C14H18FN3O/c1-14(2,6-3-7-16)9-18-12-8-10(13(17)19)4-5-11(12)15/h4-5,8,18H,3,6,9H2,1-2H3,(H2,17,19). The van der Waals surface area contributed by atoms with Gasteiger partial charge in [-0.25, -0.2) is 4.39 Å². The molecule has 102 valence electrons. The number of nitrogens with zero attached hydrogens (tertiary/aromatic N) is 1. The summed E-state index contributed by atoms with van der Waals surface area (Å²) in [5, 5.41) is 11.5. The molecule has 0 fully saturated rings. The maximum absolute atomic E-state index is 13.6. The van der Waals surface area contributed by atoms with E-state index < -0.39 is 11.7 Å². The van der Waals surface area contributed by atoms with Crippen LogP contribution in [0.3, 0.4) is 0 Å². The molecule has 0 radical (unpaired) electrons. The van der Waals surface area contributed by atoms with Gasteiger partial charge in [0.1, 0.15) is 5.82 Å². The fourth-order valence-corrected chi connectivity index (χ4v) is 1.63. The molecule has 0 saturated heterocycles. The van der Waals surface area contributed by atoms with Crippen molar-refractivity contribution in [2.75, 3.05) is 11.9 Å². The number of nitriles is 1. The number of nitrogens with one attached hydrogen (secondary N) is 1. The molecule has 0 spiro atoms. The quantitative estimate of drug-likeness (QED) is 0.828. The van der Waals surface area contributed by atoms with E-state index in [0.717, 1.165) is 0 Å². The Bertz CT molecular complexity index is 506. The lowest BCUT2D eigenvalue weighted by Gasteiger charge is -2.24. The summed E-state index contributed by atoms with van der Waals surface area (Å²) >= 11 is 0. The van der Waals surface area contributed by atoms with E-state index in [1.807, 2.05) is 13.8 Å². The zero-order valence-corrected chi connectivity index (χ0v) is 11.2. The van der Waals surface area contributed by atoms with E-state index in [4.69, 9.17) is 11.0 Å². The molecule has 0 bridgehead atoms. The molecule has 0 saturated carbocycles. The first-order valence-electron chi connectivity index (χ1n) is 6.06. The van der Waals surface area contributed by atoms with E-state index in [0.29, 0.717) is 19.4 Å². The third kappa shape index (κ3) is 4.59. The molecule has 1 aromatic rings. The minimum atomic E-state index is -0.591. The molecule has 3 N–H and O–H groups in total. The lowest BCUT2D eigenvalue weighted by Crippen LogP contribution is -2.23. The average molecular weight is 263 g/mol. The Hall–Kier alpha value is -2.09. The van der Waals surface area contributed by atoms with Crippen molar-refractivity contribution in [2.45, 2.75) is 26.7 Å². The third-order valence-electron chi connectivity index (χ3n) is 2.92. The number of carbonyl (C=O) groups is 1. The van der Waals surface area contributed by atoms with Gasteiger partial charge in [-0.3, -0.25) is 4.79 Å². The van der Waals surface area contributed by atoms with Crippen LogP contribution < -0.4 is 11.1 Å². The number of benzene rings is 1. The van der Waals surface area contributed by atoms with Gasteiger partial charge in [0.25, 0.3) is 0 Å². The SMILES string of the molecule is CC(C)(CCC#N)CNc1cc(C(N)=O)ccc1F. The van der Waals surface area contributed by atoms with Gasteiger partial charge in [0.05, 0.1) is 11.8 Å². The summed E-state index contributed by atoms with van der Waals surface area (Å²) in [6.07, 6.45) is 1.17. The molecule has 1 amide bonds. The van der Waals surface area contributed by atoms with Crippen LogP contribution in [0, 0.1) is 22.6 Å². The maximum Gasteiger partial charge on any atom is 0.248 e. The molecule has 0 aliphatic rings. The number of halogens is 1. The van der Waals surface area contributed by atoms with E-state index in [1.54, 1.807) is 0 Å². The Morgan fingerprint density at radius 3 is 2.79 bits per heavy atom. The molecule has 4 nitrogen and oxygen atoms in total. The highest BCUT2D eigenvalue weighted by molar-refractivity contribution is 5.93. The molecule has 1 rings (SSSR count). The Labute approximate surface area is 112 Å². The lowest BCUT2D eigenvalue weighted by atomic mass is 9.88. The maximum atomic E-state index is 13.6. The summed E-state index contributed by atoms with van der Waals surface area (Å²) in [6, 6.07) is 6.06. The molecule has 1 aromatic carbocycles. The predicted octanol–water partition coefficient (Wildman–Crippen LogP) is 2.67. The highest BCUT2D eigenvalue weighted by Crippen LogP contribution is 2.24.